The van der Waals surface area contributed by atoms with E-state index < -0.39 is 23.3 Å². The monoisotopic (exact) mass is 317 g/mol. The van der Waals surface area contributed by atoms with E-state index >= 15 is 0 Å². The lowest BCUT2D eigenvalue weighted by Gasteiger charge is -2.09. The first-order valence-corrected chi connectivity index (χ1v) is 5.60. The topological polar surface area (TPSA) is 50.9 Å². The van der Waals surface area contributed by atoms with Crippen molar-refractivity contribution in [3.05, 3.63) is 46.2 Å². The van der Waals surface area contributed by atoms with Crippen molar-refractivity contribution in [2.75, 3.05) is 11.1 Å². The summed E-state index contributed by atoms with van der Waals surface area (Å²) in [6, 6.07) is 4.43. The predicted octanol–water partition coefficient (Wildman–Crippen LogP) is 3.59. The zero-order valence-corrected chi connectivity index (χ0v) is 10.4. The smallest absolute Gasteiger partial charge is 0.169 e. The Morgan fingerprint density at radius 1 is 1.11 bits per heavy atom. The van der Waals surface area contributed by atoms with Crippen molar-refractivity contribution in [1.29, 1.82) is 0 Å². The van der Waals surface area contributed by atoms with Crippen molar-refractivity contribution >= 4 is 33.3 Å². The summed E-state index contributed by atoms with van der Waals surface area (Å²) >= 11 is 3.16. The number of pyridine rings is 1. The molecule has 0 aliphatic rings. The molecule has 0 fully saturated rings. The number of halogens is 4. The maximum Gasteiger partial charge on any atom is 0.169 e. The summed E-state index contributed by atoms with van der Waals surface area (Å²) in [4.78, 5) is 3.51. The van der Waals surface area contributed by atoms with E-state index in [9.17, 15) is 13.2 Å². The van der Waals surface area contributed by atoms with E-state index in [0.717, 1.165) is 6.07 Å². The molecule has 0 saturated carbocycles. The van der Waals surface area contributed by atoms with Gasteiger partial charge in [0, 0.05) is 10.5 Å². The van der Waals surface area contributed by atoms with Gasteiger partial charge in [-0.3, -0.25) is 0 Å². The van der Waals surface area contributed by atoms with Gasteiger partial charge in [-0.1, -0.05) is 0 Å². The number of hydrogen-bond acceptors (Lipinski definition) is 3. The molecule has 0 aliphatic heterocycles. The highest BCUT2D eigenvalue weighted by Crippen LogP contribution is 2.27. The summed E-state index contributed by atoms with van der Waals surface area (Å²) in [6.45, 7) is 0. The molecule has 1 heterocycles. The average Bonchev–Trinajstić information content (AvgIpc) is 2.30. The Labute approximate surface area is 109 Å². The molecule has 0 bridgehead atoms. The third kappa shape index (κ3) is 2.56. The summed E-state index contributed by atoms with van der Waals surface area (Å²) < 4.78 is 39.9. The number of anilines is 3. The third-order valence-electron chi connectivity index (χ3n) is 2.14. The van der Waals surface area contributed by atoms with Crippen LogP contribution in [0.1, 0.15) is 0 Å². The summed E-state index contributed by atoms with van der Waals surface area (Å²) in [6.07, 6.45) is 0. The highest BCUT2D eigenvalue weighted by Gasteiger charge is 2.11. The summed E-state index contributed by atoms with van der Waals surface area (Å²) in [5, 5.41) is 2.53. The molecule has 2 rings (SSSR count). The number of nitrogens with zero attached hydrogens (tertiary/aromatic N) is 1. The fourth-order valence-corrected chi connectivity index (χ4v) is 1.64. The van der Waals surface area contributed by atoms with Gasteiger partial charge in [0.05, 0.1) is 5.69 Å². The van der Waals surface area contributed by atoms with Crippen LogP contribution in [-0.4, -0.2) is 4.98 Å². The number of nitrogens with two attached hydrogens (primary N) is 1. The van der Waals surface area contributed by atoms with Gasteiger partial charge in [-0.05, 0) is 34.1 Å². The van der Waals surface area contributed by atoms with Crippen molar-refractivity contribution in [3.63, 3.8) is 0 Å². The van der Waals surface area contributed by atoms with E-state index in [-0.39, 0.29) is 11.5 Å². The second-order valence-corrected chi connectivity index (χ2v) is 4.29. The van der Waals surface area contributed by atoms with Crippen LogP contribution in [0.5, 0.6) is 0 Å². The van der Waals surface area contributed by atoms with Gasteiger partial charge in [-0.25, -0.2) is 18.2 Å². The predicted molar refractivity (Wildman–Crippen MR) is 65.9 cm³/mol. The molecule has 1 aromatic carbocycles. The molecule has 2 aromatic rings. The van der Waals surface area contributed by atoms with Crippen molar-refractivity contribution < 1.29 is 13.2 Å². The van der Waals surface area contributed by atoms with Gasteiger partial charge in [-0.15, -0.1) is 0 Å². The summed E-state index contributed by atoms with van der Waals surface area (Å²) in [7, 11) is 0. The van der Waals surface area contributed by atoms with Crippen LogP contribution in [0.3, 0.4) is 0 Å². The van der Waals surface area contributed by atoms with Crippen LogP contribution in [0.15, 0.2) is 28.7 Å². The summed E-state index contributed by atoms with van der Waals surface area (Å²) in [5.74, 6) is -3.09. The average molecular weight is 318 g/mol. The van der Waals surface area contributed by atoms with Crippen LogP contribution in [0.2, 0.25) is 0 Å². The second kappa shape index (κ2) is 4.85. The summed E-state index contributed by atoms with van der Waals surface area (Å²) in [5.41, 5.74) is 5.49. The minimum atomic E-state index is -0.948. The molecule has 0 unspecified atom stereocenters. The van der Waals surface area contributed by atoms with Crippen LogP contribution < -0.4 is 11.1 Å². The quantitative estimate of drug-likeness (QED) is 0.890. The van der Waals surface area contributed by atoms with Crippen molar-refractivity contribution in [1.82, 2.24) is 4.98 Å². The Morgan fingerprint density at radius 3 is 2.56 bits per heavy atom. The molecule has 3 N–H and O–H groups in total. The van der Waals surface area contributed by atoms with Crippen LogP contribution >= 0.6 is 15.9 Å². The normalized spacial score (nSPS) is 10.4. The highest BCUT2D eigenvalue weighted by atomic mass is 79.9. The minimum Gasteiger partial charge on any atom is -0.381 e. The van der Waals surface area contributed by atoms with Crippen LogP contribution in [0.4, 0.5) is 30.5 Å². The molecule has 1 aromatic heterocycles. The van der Waals surface area contributed by atoms with Crippen molar-refractivity contribution in [2.45, 2.75) is 0 Å². The number of aromatic nitrogens is 1. The fourth-order valence-electron chi connectivity index (χ4n) is 1.29. The zero-order valence-electron chi connectivity index (χ0n) is 8.85. The molecular formula is C11H7BrF3N3. The second-order valence-electron chi connectivity index (χ2n) is 3.44. The van der Waals surface area contributed by atoms with Crippen LogP contribution in [-0.2, 0) is 0 Å². The first-order chi connectivity index (χ1) is 8.47. The largest absolute Gasteiger partial charge is 0.381 e. The Bertz CT molecular complexity index is 604. The SMILES string of the molecule is Nc1nc(Nc2cc(F)ccc2Br)c(F)cc1F. The number of hydrogen-bond donors (Lipinski definition) is 2. The molecule has 3 nitrogen and oxygen atoms in total. The lowest BCUT2D eigenvalue weighted by atomic mass is 10.3. The Balaban J connectivity index is 2.40. The minimum absolute atomic E-state index is 0.257. The van der Waals surface area contributed by atoms with Crippen LogP contribution in [0.25, 0.3) is 0 Å². The van der Waals surface area contributed by atoms with Gasteiger partial charge >= 0.3 is 0 Å². The molecule has 0 spiro atoms. The highest BCUT2D eigenvalue weighted by molar-refractivity contribution is 9.10. The number of benzene rings is 1. The van der Waals surface area contributed by atoms with Gasteiger partial charge < -0.3 is 11.1 Å². The molecule has 18 heavy (non-hydrogen) atoms. The lowest BCUT2D eigenvalue weighted by Crippen LogP contribution is -2.03. The molecule has 0 saturated heterocycles. The Hall–Kier alpha value is -1.76. The molecule has 0 atom stereocenters. The molecule has 94 valence electrons. The van der Waals surface area contributed by atoms with E-state index in [4.69, 9.17) is 5.73 Å². The lowest BCUT2D eigenvalue weighted by molar-refractivity contribution is 0.580. The van der Waals surface area contributed by atoms with E-state index in [1.807, 2.05) is 0 Å². The molecule has 0 radical (unpaired) electrons. The van der Waals surface area contributed by atoms with Crippen molar-refractivity contribution in [3.8, 4) is 0 Å². The molecular weight excluding hydrogens is 311 g/mol. The number of nitrogens with one attached hydrogen (secondary N) is 1. The molecule has 7 heteroatoms. The molecule has 0 aliphatic carbocycles. The van der Waals surface area contributed by atoms with Gasteiger partial charge in [0.15, 0.2) is 23.3 Å². The van der Waals surface area contributed by atoms with E-state index in [2.05, 4.69) is 26.2 Å². The van der Waals surface area contributed by atoms with Gasteiger partial charge in [0.25, 0.3) is 0 Å². The first-order valence-electron chi connectivity index (χ1n) is 4.81. The van der Waals surface area contributed by atoms with E-state index in [0.29, 0.717) is 10.5 Å². The number of rotatable bonds is 2. The van der Waals surface area contributed by atoms with Gasteiger partial charge in [-0.2, -0.15) is 0 Å². The van der Waals surface area contributed by atoms with Crippen molar-refractivity contribution in [2.24, 2.45) is 0 Å². The zero-order chi connectivity index (χ0) is 13.3. The third-order valence-corrected chi connectivity index (χ3v) is 2.83. The standard InChI is InChI=1S/C11H7BrF3N3/c12-6-2-1-5(13)3-9(6)17-11-8(15)4-7(14)10(16)18-11/h1-4H,(H3,16,17,18). The Kier molecular flexibility index (Phi) is 3.42. The van der Waals surface area contributed by atoms with Gasteiger partial charge in [0.1, 0.15) is 5.82 Å². The van der Waals surface area contributed by atoms with E-state index in [1.54, 1.807) is 0 Å². The fraction of sp³-hybridized carbons (Fsp3) is 0. The van der Waals surface area contributed by atoms with Crippen LogP contribution in [0, 0.1) is 17.5 Å². The first kappa shape index (κ1) is 12.7. The molecule has 0 amide bonds. The Morgan fingerprint density at radius 2 is 1.83 bits per heavy atom. The van der Waals surface area contributed by atoms with E-state index in [1.165, 1.54) is 12.1 Å². The number of nitrogen functional groups attached to an aromatic ring is 1. The maximum absolute atomic E-state index is 13.4. The van der Waals surface area contributed by atoms with Gasteiger partial charge in [0.2, 0.25) is 0 Å². The maximum atomic E-state index is 13.4.